The fourth-order valence-corrected chi connectivity index (χ4v) is 4.64. The first kappa shape index (κ1) is 20.7. The second-order valence-corrected chi connectivity index (χ2v) is 8.46. The monoisotopic (exact) mass is 488 g/mol. The molecule has 0 atom stereocenters. The summed E-state index contributed by atoms with van der Waals surface area (Å²) in [5, 5.41) is 2.80. The lowest BCUT2D eigenvalue weighted by Gasteiger charge is -2.20. The summed E-state index contributed by atoms with van der Waals surface area (Å²) < 4.78 is 33.2. The van der Waals surface area contributed by atoms with Gasteiger partial charge in [-0.15, -0.1) is 0 Å². The molecular weight excluding hydrogens is 467 g/mol. The zero-order valence-corrected chi connectivity index (χ0v) is 17.8. The quantitative estimate of drug-likeness (QED) is 0.605. The van der Waals surface area contributed by atoms with Crippen LogP contribution in [0.3, 0.4) is 0 Å². The minimum absolute atomic E-state index is 0.0147. The number of ether oxygens (including phenoxy) is 1. The summed E-state index contributed by atoms with van der Waals surface area (Å²) >= 11 is 2.13. The molecule has 26 heavy (non-hydrogen) atoms. The fourth-order valence-electron chi connectivity index (χ4n) is 2.48. The number of hydrogen-bond acceptors (Lipinski definition) is 4. The number of rotatable bonds is 7. The second kappa shape index (κ2) is 8.83. The minimum atomic E-state index is -3.75. The highest BCUT2D eigenvalue weighted by molar-refractivity contribution is 14.1. The molecule has 0 radical (unpaired) electrons. The summed E-state index contributed by atoms with van der Waals surface area (Å²) in [5.41, 5.74) is 0.915. The number of para-hydroxylation sites is 1. The molecule has 1 N–H and O–H groups in total. The molecule has 0 unspecified atom stereocenters. The first-order valence-electron chi connectivity index (χ1n) is 8.09. The van der Waals surface area contributed by atoms with Crippen molar-refractivity contribution in [3.05, 3.63) is 51.6 Å². The highest BCUT2D eigenvalue weighted by Gasteiger charge is 2.26. The third-order valence-electron chi connectivity index (χ3n) is 3.87. The van der Waals surface area contributed by atoms with E-state index in [2.05, 4.69) is 27.9 Å². The van der Waals surface area contributed by atoms with Crippen LogP contribution in [-0.2, 0) is 10.0 Å². The van der Waals surface area contributed by atoms with Crippen molar-refractivity contribution < 1.29 is 17.9 Å². The van der Waals surface area contributed by atoms with Crippen molar-refractivity contribution >= 4 is 44.2 Å². The molecule has 0 aliphatic rings. The van der Waals surface area contributed by atoms with Crippen molar-refractivity contribution in [2.24, 2.45) is 0 Å². The van der Waals surface area contributed by atoms with E-state index in [0.717, 1.165) is 3.57 Å². The van der Waals surface area contributed by atoms with Crippen LogP contribution < -0.4 is 10.1 Å². The Morgan fingerprint density at radius 3 is 2.38 bits per heavy atom. The van der Waals surface area contributed by atoms with Gasteiger partial charge in [0.25, 0.3) is 5.91 Å². The minimum Gasteiger partial charge on any atom is -0.495 e. The number of carbonyl (C=O) groups excluding carboxylic acids is 1. The molecule has 0 aromatic heterocycles. The van der Waals surface area contributed by atoms with Gasteiger partial charge in [0.2, 0.25) is 10.0 Å². The van der Waals surface area contributed by atoms with Gasteiger partial charge in [0.05, 0.1) is 12.8 Å². The normalized spacial score (nSPS) is 11.4. The Labute approximate surface area is 167 Å². The molecule has 2 aromatic carbocycles. The van der Waals surface area contributed by atoms with E-state index in [1.54, 1.807) is 26.0 Å². The molecule has 0 saturated heterocycles. The lowest BCUT2D eigenvalue weighted by molar-refractivity contribution is 0.102. The smallest absolute Gasteiger partial charge is 0.255 e. The molecule has 0 aliphatic carbocycles. The van der Waals surface area contributed by atoms with Gasteiger partial charge in [0.1, 0.15) is 10.6 Å². The number of methoxy groups -OCH3 is 1. The van der Waals surface area contributed by atoms with Gasteiger partial charge in [-0.05, 0) is 52.9 Å². The Balaban J connectivity index is 2.43. The Hall–Kier alpha value is -1.65. The predicted molar refractivity (Wildman–Crippen MR) is 110 cm³/mol. The van der Waals surface area contributed by atoms with E-state index in [1.807, 2.05) is 18.2 Å². The number of sulfonamides is 1. The van der Waals surface area contributed by atoms with Crippen molar-refractivity contribution in [1.29, 1.82) is 0 Å². The van der Waals surface area contributed by atoms with Gasteiger partial charge in [-0.25, -0.2) is 8.42 Å². The average Bonchev–Trinajstić information content (AvgIpc) is 2.63. The molecule has 0 fully saturated rings. The molecule has 2 aromatic rings. The molecule has 140 valence electrons. The summed E-state index contributed by atoms with van der Waals surface area (Å²) in [6.45, 7) is 4.20. The van der Waals surface area contributed by atoms with Gasteiger partial charge in [-0.2, -0.15) is 4.31 Å². The topological polar surface area (TPSA) is 75.7 Å². The van der Waals surface area contributed by atoms with Crippen molar-refractivity contribution in [1.82, 2.24) is 4.31 Å². The van der Waals surface area contributed by atoms with E-state index in [4.69, 9.17) is 4.74 Å². The van der Waals surface area contributed by atoms with Crippen molar-refractivity contribution in [3.8, 4) is 5.75 Å². The van der Waals surface area contributed by atoms with E-state index in [-0.39, 0.29) is 22.1 Å². The van der Waals surface area contributed by atoms with E-state index in [0.29, 0.717) is 18.8 Å². The lowest BCUT2D eigenvalue weighted by atomic mass is 10.2. The molecule has 0 heterocycles. The van der Waals surface area contributed by atoms with Gasteiger partial charge in [0.15, 0.2) is 0 Å². The molecule has 1 amide bonds. The Bertz CT molecular complexity index is 896. The number of halogens is 1. The van der Waals surface area contributed by atoms with Gasteiger partial charge in [0, 0.05) is 22.2 Å². The maximum absolute atomic E-state index is 12.9. The molecule has 2 rings (SSSR count). The number of carbonyl (C=O) groups is 1. The summed E-state index contributed by atoms with van der Waals surface area (Å²) in [7, 11) is -2.35. The van der Waals surface area contributed by atoms with E-state index in [1.165, 1.54) is 23.5 Å². The van der Waals surface area contributed by atoms with Gasteiger partial charge < -0.3 is 10.1 Å². The number of benzene rings is 2. The van der Waals surface area contributed by atoms with Crippen LogP contribution in [0.1, 0.15) is 24.2 Å². The highest BCUT2D eigenvalue weighted by Crippen LogP contribution is 2.28. The van der Waals surface area contributed by atoms with E-state index >= 15 is 0 Å². The number of amides is 1. The van der Waals surface area contributed by atoms with Gasteiger partial charge >= 0.3 is 0 Å². The summed E-state index contributed by atoms with van der Waals surface area (Å²) in [6.07, 6.45) is 0. The average molecular weight is 488 g/mol. The third kappa shape index (κ3) is 4.36. The van der Waals surface area contributed by atoms with Crippen LogP contribution in [0.2, 0.25) is 0 Å². The summed E-state index contributed by atoms with van der Waals surface area (Å²) in [5.74, 6) is -0.171. The maximum atomic E-state index is 12.9. The number of nitrogens with zero attached hydrogens (tertiary/aromatic N) is 1. The van der Waals surface area contributed by atoms with E-state index < -0.39 is 10.0 Å². The van der Waals surface area contributed by atoms with Crippen LogP contribution in [0, 0.1) is 3.57 Å². The number of anilines is 1. The molecular formula is C18H21IN2O4S. The van der Waals surface area contributed by atoms with E-state index in [9.17, 15) is 13.2 Å². The van der Waals surface area contributed by atoms with Crippen LogP contribution >= 0.6 is 22.6 Å². The largest absolute Gasteiger partial charge is 0.495 e. The lowest BCUT2D eigenvalue weighted by Crippen LogP contribution is -2.31. The molecule has 8 heteroatoms. The third-order valence-corrected chi connectivity index (χ3v) is 6.88. The summed E-state index contributed by atoms with van der Waals surface area (Å²) in [4.78, 5) is 12.6. The SMILES string of the molecule is CCN(CC)S(=O)(=O)c1cc(C(=O)Nc2ccccc2I)ccc1OC. The van der Waals surface area contributed by atoms with Crippen molar-refractivity contribution in [2.45, 2.75) is 18.7 Å². The number of hydrogen-bond donors (Lipinski definition) is 1. The van der Waals surface area contributed by atoms with Gasteiger partial charge in [-0.1, -0.05) is 26.0 Å². The molecule has 0 aliphatic heterocycles. The second-order valence-electron chi connectivity index (χ2n) is 5.39. The zero-order chi connectivity index (χ0) is 19.3. The molecule has 6 nitrogen and oxygen atoms in total. The highest BCUT2D eigenvalue weighted by atomic mass is 127. The maximum Gasteiger partial charge on any atom is 0.255 e. The van der Waals surface area contributed by atoms with Crippen molar-refractivity contribution in [3.63, 3.8) is 0 Å². The summed E-state index contributed by atoms with van der Waals surface area (Å²) in [6, 6.07) is 11.8. The van der Waals surface area contributed by atoms with Crippen LogP contribution in [0.15, 0.2) is 47.4 Å². The van der Waals surface area contributed by atoms with Crippen LogP contribution in [0.4, 0.5) is 5.69 Å². The molecule has 0 saturated carbocycles. The first-order chi connectivity index (χ1) is 12.3. The Morgan fingerprint density at radius 1 is 1.15 bits per heavy atom. The Morgan fingerprint density at radius 2 is 1.81 bits per heavy atom. The van der Waals surface area contributed by atoms with Crippen molar-refractivity contribution in [2.75, 3.05) is 25.5 Å². The van der Waals surface area contributed by atoms with Crippen LogP contribution in [0.5, 0.6) is 5.75 Å². The van der Waals surface area contributed by atoms with Crippen LogP contribution in [0.25, 0.3) is 0 Å². The van der Waals surface area contributed by atoms with Gasteiger partial charge in [-0.3, -0.25) is 4.79 Å². The first-order valence-corrected chi connectivity index (χ1v) is 10.6. The Kier molecular flexibility index (Phi) is 7.01. The molecule has 0 bridgehead atoms. The predicted octanol–water partition coefficient (Wildman–Crippen LogP) is 3.58. The molecule has 0 spiro atoms. The standard InChI is InChI=1S/C18H21IN2O4S/c1-4-21(5-2)26(23,24)17-12-13(10-11-16(17)25-3)18(22)20-15-9-7-6-8-14(15)19/h6-12H,4-5H2,1-3H3,(H,20,22). The fraction of sp³-hybridized carbons (Fsp3) is 0.278. The van der Waals surface area contributed by atoms with Crippen LogP contribution in [-0.4, -0.2) is 38.8 Å². The number of nitrogens with one attached hydrogen (secondary N) is 1. The zero-order valence-electron chi connectivity index (χ0n) is 14.8.